The third-order valence-electron chi connectivity index (χ3n) is 5.72. The van der Waals surface area contributed by atoms with Gasteiger partial charge in [0.05, 0.1) is 0 Å². The summed E-state index contributed by atoms with van der Waals surface area (Å²) in [5.74, 6) is 0.398. The van der Waals surface area contributed by atoms with E-state index in [-0.39, 0.29) is 11.8 Å². The average Bonchev–Trinajstić information content (AvgIpc) is 2.95. The summed E-state index contributed by atoms with van der Waals surface area (Å²) < 4.78 is 0. The molecule has 1 aromatic carbocycles. The molecule has 0 aromatic heterocycles. The van der Waals surface area contributed by atoms with Gasteiger partial charge in [0.15, 0.2) is 0 Å². The van der Waals surface area contributed by atoms with Gasteiger partial charge in [-0.3, -0.25) is 14.5 Å². The van der Waals surface area contributed by atoms with Crippen molar-refractivity contribution in [1.82, 2.24) is 14.7 Å². The van der Waals surface area contributed by atoms with Crippen molar-refractivity contribution in [2.24, 2.45) is 0 Å². The molecule has 0 bridgehead atoms. The molecule has 0 unspecified atom stereocenters. The average molecular weight is 402 g/mol. The highest BCUT2D eigenvalue weighted by atomic mass is 16.2. The molecule has 1 aliphatic rings. The van der Waals surface area contributed by atoms with Gasteiger partial charge in [-0.05, 0) is 43.7 Å². The number of nitrogens with zero attached hydrogens (tertiary/aromatic N) is 3. The lowest BCUT2D eigenvalue weighted by molar-refractivity contribution is -0.132. The van der Waals surface area contributed by atoms with Crippen molar-refractivity contribution in [2.75, 3.05) is 39.3 Å². The number of amides is 2. The fourth-order valence-corrected chi connectivity index (χ4v) is 4.01. The minimum atomic E-state index is 0.196. The first kappa shape index (κ1) is 23.4. The van der Waals surface area contributed by atoms with Gasteiger partial charge in [-0.2, -0.15) is 0 Å². The quantitative estimate of drug-likeness (QED) is 0.598. The maximum atomic E-state index is 12.7. The van der Waals surface area contributed by atoms with E-state index in [1.807, 2.05) is 9.80 Å². The second-order valence-corrected chi connectivity index (χ2v) is 8.17. The maximum absolute atomic E-state index is 12.7. The number of carbonyl (C=O) groups excluding carboxylic acids is 2. The molecule has 1 heterocycles. The Morgan fingerprint density at radius 1 is 0.966 bits per heavy atom. The van der Waals surface area contributed by atoms with Crippen LogP contribution in [-0.4, -0.2) is 65.8 Å². The number of aryl methyl sites for hydroxylation is 1. The molecule has 1 fully saturated rings. The molecular formula is C24H39N3O2. The Labute approximate surface area is 177 Å². The van der Waals surface area contributed by atoms with Crippen molar-refractivity contribution in [2.45, 2.75) is 65.8 Å². The van der Waals surface area contributed by atoms with Crippen LogP contribution in [-0.2, 0) is 16.1 Å². The lowest BCUT2D eigenvalue weighted by Gasteiger charge is -2.23. The van der Waals surface area contributed by atoms with Crippen LogP contribution in [0.2, 0.25) is 0 Å². The normalized spacial score (nSPS) is 15.2. The molecule has 0 atom stereocenters. The molecule has 0 spiro atoms. The molecule has 0 saturated carbocycles. The Hall–Kier alpha value is -1.88. The first-order chi connectivity index (χ1) is 14.0. The summed E-state index contributed by atoms with van der Waals surface area (Å²) in [6.07, 6.45) is 4.60. The highest BCUT2D eigenvalue weighted by Crippen LogP contribution is 2.14. The molecule has 0 aliphatic carbocycles. The van der Waals surface area contributed by atoms with E-state index in [1.165, 1.54) is 11.1 Å². The van der Waals surface area contributed by atoms with E-state index >= 15 is 0 Å². The summed E-state index contributed by atoms with van der Waals surface area (Å²) >= 11 is 0. The summed E-state index contributed by atoms with van der Waals surface area (Å²) in [6.45, 7) is 12.5. The van der Waals surface area contributed by atoms with E-state index in [2.05, 4.69) is 49.9 Å². The Morgan fingerprint density at radius 2 is 1.69 bits per heavy atom. The summed E-state index contributed by atoms with van der Waals surface area (Å²) in [6, 6.07) is 8.53. The zero-order valence-electron chi connectivity index (χ0n) is 18.7. The summed E-state index contributed by atoms with van der Waals surface area (Å²) in [5, 5.41) is 0. The SMILES string of the molecule is CCCN(CCC)C(=O)CCCC(=O)N1CCCN(Cc2ccccc2C)CC1. The van der Waals surface area contributed by atoms with Crippen LogP contribution in [0.1, 0.15) is 63.5 Å². The van der Waals surface area contributed by atoms with Crippen LogP contribution >= 0.6 is 0 Å². The van der Waals surface area contributed by atoms with Gasteiger partial charge in [0.25, 0.3) is 0 Å². The van der Waals surface area contributed by atoms with Crippen molar-refractivity contribution in [1.29, 1.82) is 0 Å². The van der Waals surface area contributed by atoms with Crippen molar-refractivity contribution < 1.29 is 9.59 Å². The van der Waals surface area contributed by atoms with E-state index < -0.39 is 0 Å². The number of carbonyl (C=O) groups is 2. The van der Waals surface area contributed by atoms with Gasteiger partial charge >= 0.3 is 0 Å². The molecule has 1 aliphatic heterocycles. The summed E-state index contributed by atoms with van der Waals surface area (Å²) in [4.78, 5) is 31.4. The molecule has 0 radical (unpaired) electrons. The predicted molar refractivity (Wildman–Crippen MR) is 119 cm³/mol. The third-order valence-corrected chi connectivity index (χ3v) is 5.72. The Bertz CT molecular complexity index is 641. The minimum Gasteiger partial charge on any atom is -0.343 e. The number of hydrogen-bond acceptors (Lipinski definition) is 3. The number of hydrogen-bond donors (Lipinski definition) is 0. The van der Waals surface area contributed by atoms with Gasteiger partial charge in [-0.15, -0.1) is 0 Å². The molecule has 29 heavy (non-hydrogen) atoms. The minimum absolute atomic E-state index is 0.196. The first-order valence-corrected chi connectivity index (χ1v) is 11.4. The van der Waals surface area contributed by atoms with Gasteiger partial charge < -0.3 is 9.80 Å². The topological polar surface area (TPSA) is 43.9 Å². The summed E-state index contributed by atoms with van der Waals surface area (Å²) in [5.41, 5.74) is 2.70. The van der Waals surface area contributed by atoms with Gasteiger partial charge in [0.2, 0.25) is 11.8 Å². The smallest absolute Gasteiger partial charge is 0.222 e. The number of benzene rings is 1. The molecule has 2 rings (SSSR count). The third kappa shape index (κ3) is 7.81. The Balaban J connectivity index is 1.74. The molecule has 5 heteroatoms. The largest absolute Gasteiger partial charge is 0.343 e. The summed E-state index contributed by atoms with van der Waals surface area (Å²) in [7, 11) is 0. The van der Waals surface area contributed by atoms with Crippen molar-refractivity contribution in [3.8, 4) is 0 Å². The predicted octanol–water partition coefficient (Wildman–Crippen LogP) is 3.85. The van der Waals surface area contributed by atoms with Gasteiger partial charge in [-0.25, -0.2) is 0 Å². The van der Waals surface area contributed by atoms with Crippen LogP contribution in [0.3, 0.4) is 0 Å². The molecule has 5 nitrogen and oxygen atoms in total. The molecule has 162 valence electrons. The first-order valence-electron chi connectivity index (χ1n) is 11.4. The standard InChI is InChI=1S/C24H39N3O2/c1-4-14-26(15-5-2)23(28)12-8-13-24(29)27-17-9-16-25(18-19-27)20-22-11-7-6-10-21(22)3/h6-7,10-11H,4-5,8-9,12-20H2,1-3H3. The van der Waals surface area contributed by atoms with Gasteiger partial charge in [0, 0.05) is 58.7 Å². The lowest BCUT2D eigenvalue weighted by Crippen LogP contribution is -2.35. The highest BCUT2D eigenvalue weighted by Gasteiger charge is 2.20. The second kappa shape index (κ2) is 12.6. The second-order valence-electron chi connectivity index (χ2n) is 8.17. The van der Waals surface area contributed by atoms with Crippen molar-refractivity contribution in [3.63, 3.8) is 0 Å². The van der Waals surface area contributed by atoms with E-state index in [4.69, 9.17) is 0 Å². The molecule has 2 amide bonds. The fraction of sp³-hybridized carbons (Fsp3) is 0.667. The van der Waals surface area contributed by atoms with E-state index in [1.54, 1.807) is 0 Å². The fourth-order valence-electron chi connectivity index (χ4n) is 4.01. The van der Waals surface area contributed by atoms with Crippen LogP contribution in [0.25, 0.3) is 0 Å². The Kier molecular flexibility index (Phi) is 10.2. The maximum Gasteiger partial charge on any atom is 0.222 e. The highest BCUT2D eigenvalue weighted by molar-refractivity contribution is 5.79. The van der Waals surface area contributed by atoms with Gasteiger partial charge in [-0.1, -0.05) is 38.1 Å². The molecule has 1 saturated heterocycles. The van der Waals surface area contributed by atoms with E-state index in [0.717, 1.165) is 65.1 Å². The molecule has 1 aromatic rings. The van der Waals surface area contributed by atoms with E-state index in [9.17, 15) is 9.59 Å². The number of rotatable bonds is 10. The van der Waals surface area contributed by atoms with Crippen LogP contribution in [0, 0.1) is 6.92 Å². The monoisotopic (exact) mass is 401 g/mol. The van der Waals surface area contributed by atoms with Crippen LogP contribution < -0.4 is 0 Å². The van der Waals surface area contributed by atoms with E-state index in [0.29, 0.717) is 19.3 Å². The zero-order chi connectivity index (χ0) is 21.1. The van der Waals surface area contributed by atoms with Crippen molar-refractivity contribution in [3.05, 3.63) is 35.4 Å². The zero-order valence-corrected chi connectivity index (χ0v) is 18.7. The Morgan fingerprint density at radius 3 is 2.38 bits per heavy atom. The molecule has 0 N–H and O–H groups in total. The van der Waals surface area contributed by atoms with Crippen LogP contribution in [0.4, 0.5) is 0 Å². The van der Waals surface area contributed by atoms with Crippen molar-refractivity contribution >= 4 is 11.8 Å². The lowest BCUT2D eigenvalue weighted by atomic mass is 10.1. The van der Waals surface area contributed by atoms with Crippen LogP contribution in [0.5, 0.6) is 0 Å². The van der Waals surface area contributed by atoms with Gasteiger partial charge in [0.1, 0.15) is 0 Å². The molecular weight excluding hydrogens is 362 g/mol. The van der Waals surface area contributed by atoms with Crippen LogP contribution in [0.15, 0.2) is 24.3 Å².